The van der Waals surface area contributed by atoms with Gasteiger partial charge in [-0.05, 0) is 36.4 Å². The topological polar surface area (TPSA) is 55.4 Å². The third-order valence-corrected chi connectivity index (χ3v) is 4.59. The van der Waals surface area contributed by atoms with E-state index in [4.69, 9.17) is 4.74 Å². The van der Waals surface area contributed by atoms with Crippen molar-refractivity contribution in [3.63, 3.8) is 0 Å². The van der Waals surface area contributed by atoms with E-state index in [-0.39, 0.29) is 17.0 Å². The van der Waals surface area contributed by atoms with E-state index in [0.717, 1.165) is 6.07 Å². The lowest BCUT2D eigenvalue weighted by Crippen LogP contribution is -2.24. The zero-order valence-electron chi connectivity index (χ0n) is 13.1. The van der Waals surface area contributed by atoms with E-state index < -0.39 is 21.8 Å². The molecule has 1 N–H and O–H groups in total. The lowest BCUT2D eigenvalue weighted by molar-refractivity contribution is -0.137. The van der Waals surface area contributed by atoms with Gasteiger partial charge in [-0.2, -0.15) is 17.9 Å². The Hall–Kier alpha value is -2.50. The monoisotopic (exact) mass is 369 g/mol. The Labute approximate surface area is 143 Å². The van der Waals surface area contributed by atoms with Crippen LogP contribution in [0.5, 0.6) is 5.75 Å². The molecule has 0 spiro atoms. The molecule has 0 radical (unpaired) electrons. The number of alkyl halides is 3. The van der Waals surface area contributed by atoms with Crippen molar-refractivity contribution in [2.24, 2.45) is 0 Å². The van der Waals surface area contributed by atoms with Crippen molar-refractivity contribution >= 4 is 10.0 Å². The Balaban J connectivity index is 2.10. The zero-order valence-corrected chi connectivity index (χ0v) is 13.9. The average molecular weight is 369 g/mol. The summed E-state index contributed by atoms with van der Waals surface area (Å²) in [6.45, 7) is -0.319. The number of hydrogen-bond donors (Lipinski definition) is 1. The van der Waals surface area contributed by atoms with E-state index in [2.05, 4.69) is 16.6 Å². The minimum atomic E-state index is -4.52. The van der Waals surface area contributed by atoms with Gasteiger partial charge >= 0.3 is 6.18 Å². The number of halogens is 3. The SMILES string of the molecule is COc1ccc(S(=O)(=O)NCC#Cc2ccccc2C(F)(F)F)cc1. The van der Waals surface area contributed by atoms with Gasteiger partial charge in [0, 0.05) is 5.56 Å². The van der Waals surface area contributed by atoms with Crippen LogP contribution >= 0.6 is 0 Å². The molecule has 0 aliphatic heterocycles. The Morgan fingerprint density at radius 3 is 2.32 bits per heavy atom. The van der Waals surface area contributed by atoms with Crippen LogP contribution in [0.25, 0.3) is 0 Å². The highest BCUT2D eigenvalue weighted by Gasteiger charge is 2.32. The van der Waals surface area contributed by atoms with Crippen LogP contribution < -0.4 is 9.46 Å². The van der Waals surface area contributed by atoms with Crippen LogP contribution in [0.3, 0.4) is 0 Å². The number of benzene rings is 2. The summed E-state index contributed by atoms with van der Waals surface area (Å²) < 4.78 is 69.8. The highest BCUT2D eigenvalue weighted by molar-refractivity contribution is 7.89. The van der Waals surface area contributed by atoms with Crippen LogP contribution in [0.2, 0.25) is 0 Å². The molecule has 0 bridgehead atoms. The molecule has 2 aromatic rings. The molecular weight excluding hydrogens is 355 g/mol. The molecule has 8 heteroatoms. The first-order valence-corrected chi connectivity index (χ1v) is 8.51. The molecule has 0 saturated heterocycles. The summed E-state index contributed by atoms with van der Waals surface area (Å²) >= 11 is 0. The summed E-state index contributed by atoms with van der Waals surface area (Å²) in [4.78, 5) is 0.00536. The van der Waals surface area contributed by atoms with E-state index >= 15 is 0 Å². The Morgan fingerprint density at radius 1 is 1.08 bits per heavy atom. The number of nitrogens with one attached hydrogen (secondary N) is 1. The fourth-order valence-corrected chi connectivity index (χ4v) is 2.87. The molecule has 2 aromatic carbocycles. The van der Waals surface area contributed by atoms with Gasteiger partial charge in [-0.25, -0.2) is 8.42 Å². The highest BCUT2D eigenvalue weighted by atomic mass is 32.2. The Bertz CT molecular complexity index is 895. The molecule has 0 aliphatic rings. The standard InChI is InChI=1S/C17H14F3NO3S/c1-24-14-8-10-15(11-9-14)25(22,23)21-12-4-6-13-5-2-3-7-16(13)17(18,19)20/h2-3,5,7-11,21H,12H2,1H3. The summed E-state index contributed by atoms with van der Waals surface area (Å²) in [5.41, 5.74) is -1.07. The smallest absolute Gasteiger partial charge is 0.417 e. The van der Waals surface area contributed by atoms with Crippen LogP contribution in [0.4, 0.5) is 13.2 Å². The number of sulfonamides is 1. The van der Waals surface area contributed by atoms with Gasteiger partial charge in [-0.3, -0.25) is 0 Å². The van der Waals surface area contributed by atoms with Gasteiger partial charge in [0.15, 0.2) is 0 Å². The van der Waals surface area contributed by atoms with Crippen LogP contribution in [0.15, 0.2) is 53.4 Å². The maximum absolute atomic E-state index is 12.8. The molecule has 4 nitrogen and oxygen atoms in total. The third-order valence-electron chi connectivity index (χ3n) is 3.18. The fraction of sp³-hybridized carbons (Fsp3) is 0.176. The molecular formula is C17H14F3NO3S. The van der Waals surface area contributed by atoms with Gasteiger partial charge in [-0.15, -0.1) is 0 Å². The molecule has 0 amide bonds. The quantitative estimate of drug-likeness (QED) is 0.843. The highest BCUT2D eigenvalue weighted by Crippen LogP contribution is 2.31. The fourth-order valence-electron chi connectivity index (χ4n) is 1.95. The largest absolute Gasteiger partial charge is 0.497 e. The summed E-state index contributed by atoms with van der Waals surface area (Å²) in [6, 6.07) is 10.5. The predicted molar refractivity (Wildman–Crippen MR) is 86.5 cm³/mol. The summed E-state index contributed by atoms with van der Waals surface area (Å²) in [5.74, 6) is 5.25. The Kier molecular flexibility index (Phi) is 5.72. The molecule has 25 heavy (non-hydrogen) atoms. The van der Waals surface area contributed by atoms with E-state index in [1.807, 2.05) is 0 Å². The summed E-state index contributed by atoms with van der Waals surface area (Å²) in [7, 11) is -2.35. The van der Waals surface area contributed by atoms with Gasteiger partial charge in [0.25, 0.3) is 0 Å². The van der Waals surface area contributed by atoms with Crippen molar-refractivity contribution < 1.29 is 26.3 Å². The van der Waals surface area contributed by atoms with Crippen LogP contribution in [-0.4, -0.2) is 22.1 Å². The Morgan fingerprint density at radius 2 is 1.72 bits per heavy atom. The van der Waals surface area contributed by atoms with Crippen molar-refractivity contribution in [3.05, 3.63) is 59.7 Å². The van der Waals surface area contributed by atoms with Gasteiger partial charge in [0.2, 0.25) is 10.0 Å². The molecule has 0 heterocycles. The molecule has 0 unspecified atom stereocenters. The van der Waals surface area contributed by atoms with Crippen LogP contribution in [0, 0.1) is 11.8 Å². The lowest BCUT2D eigenvalue weighted by Gasteiger charge is -2.08. The second kappa shape index (κ2) is 7.59. The zero-order chi connectivity index (χ0) is 18.5. The second-order valence-corrected chi connectivity index (χ2v) is 6.61. The number of methoxy groups -OCH3 is 1. The normalized spacial score (nSPS) is 11.5. The first-order chi connectivity index (χ1) is 11.7. The van der Waals surface area contributed by atoms with Gasteiger partial charge in [0.05, 0.1) is 24.1 Å². The maximum Gasteiger partial charge on any atom is 0.417 e. The van der Waals surface area contributed by atoms with E-state index in [1.54, 1.807) is 0 Å². The van der Waals surface area contributed by atoms with Crippen molar-refractivity contribution in [1.29, 1.82) is 0 Å². The minimum Gasteiger partial charge on any atom is -0.497 e. The van der Waals surface area contributed by atoms with Crippen molar-refractivity contribution in [1.82, 2.24) is 4.72 Å². The average Bonchev–Trinajstić information content (AvgIpc) is 2.58. The minimum absolute atomic E-state index is 0.00536. The molecule has 0 aliphatic carbocycles. The second-order valence-electron chi connectivity index (χ2n) is 4.85. The number of hydrogen-bond acceptors (Lipinski definition) is 3. The molecule has 2 rings (SSSR count). The maximum atomic E-state index is 12.8. The van der Waals surface area contributed by atoms with Gasteiger partial charge < -0.3 is 4.74 Å². The first-order valence-electron chi connectivity index (χ1n) is 7.03. The van der Waals surface area contributed by atoms with E-state index in [0.29, 0.717) is 5.75 Å². The molecule has 132 valence electrons. The van der Waals surface area contributed by atoms with E-state index in [9.17, 15) is 21.6 Å². The summed E-state index contributed by atoms with van der Waals surface area (Å²) in [6.07, 6.45) is -4.52. The molecule has 0 saturated carbocycles. The predicted octanol–water partition coefficient (Wildman–Crippen LogP) is 3.04. The van der Waals surface area contributed by atoms with Crippen molar-refractivity contribution in [2.75, 3.05) is 13.7 Å². The van der Waals surface area contributed by atoms with Crippen molar-refractivity contribution in [2.45, 2.75) is 11.1 Å². The molecule has 0 fully saturated rings. The van der Waals surface area contributed by atoms with Crippen molar-refractivity contribution in [3.8, 4) is 17.6 Å². The van der Waals surface area contributed by atoms with E-state index in [1.165, 1.54) is 49.6 Å². The number of rotatable bonds is 4. The van der Waals surface area contributed by atoms with Gasteiger partial charge in [-0.1, -0.05) is 24.0 Å². The third kappa shape index (κ3) is 4.98. The van der Waals surface area contributed by atoms with Gasteiger partial charge in [0.1, 0.15) is 5.75 Å². The molecule has 0 aromatic heterocycles. The lowest BCUT2D eigenvalue weighted by atomic mass is 10.1. The number of ether oxygens (including phenoxy) is 1. The van der Waals surface area contributed by atoms with Crippen LogP contribution in [-0.2, 0) is 16.2 Å². The van der Waals surface area contributed by atoms with Crippen LogP contribution in [0.1, 0.15) is 11.1 Å². The molecule has 0 atom stereocenters. The first kappa shape index (κ1) is 18.8. The summed E-state index contributed by atoms with van der Waals surface area (Å²) in [5, 5.41) is 0.